The van der Waals surface area contributed by atoms with Crippen molar-refractivity contribution in [3.05, 3.63) is 10.6 Å². The summed E-state index contributed by atoms with van der Waals surface area (Å²) in [6.07, 6.45) is 14.2. The zero-order valence-electron chi connectivity index (χ0n) is 20.0. The lowest BCUT2D eigenvalue weighted by Crippen LogP contribution is -2.51. The predicted octanol–water partition coefficient (Wildman–Crippen LogP) is 8.42. The Morgan fingerprint density at radius 2 is 1.77 bits per heavy atom. The molecule has 3 fully saturated rings. The predicted molar refractivity (Wildman–Crippen MR) is 127 cm³/mol. The van der Waals surface area contributed by atoms with Crippen molar-refractivity contribution in [2.24, 2.45) is 51.5 Å². The minimum Gasteiger partial charge on any atom is -0.411 e. The van der Waals surface area contributed by atoms with Gasteiger partial charge in [-0.05, 0) is 103 Å². The molecule has 0 amide bonds. The third kappa shape index (κ3) is 3.57. The van der Waals surface area contributed by atoms with E-state index in [-0.39, 0.29) is 5.41 Å². The van der Waals surface area contributed by atoms with Crippen LogP contribution in [-0.4, -0.2) is 10.9 Å². The molecular formula is C27H44ClNO. The number of nitrogens with zero attached hydrogens (tertiary/aromatic N) is 1. The summed E-state index contributed by atoms with van der Waals surface area (Å²) in [6, 6.07) is 0. The first-order valence-corrected chi connectivity index (χ1v) is 13.2. The van der Waals surface area contributed by atoms with Gasteiger partial charge in [-0.25, -0.2) is 0 Å². The number of rotatable bonds is 5. The molecule has 4 aliphatic rings. The highest BCUT2D eigenvalue weighted by atomic mass is 35.5. The van der Waals surface area contributed by atoms with Gasteiger partial charge < -0.3 is 5.21 Å². The van der Waals surface area contributed by atoms with Crippen LogP contribution in [0, 0.1) is 46.3 Å². The molecule has 0 aromatic rings. The van der Waals surface area contributed by atoms with E-state index in [1.165, 1.54) is 56.9 Å². The highest BCUT2D eigenvalue weighted by molar-refractivity contribution is 6.44. The van der Waals surface area contributed by atoms with Crippen molar-refractivity contribution in [2.75, 3.05) is 0 Å². The van der Waals surface area contributed by atoms with Gasteiger partial charge in [-0.15, -0.1) is 0 Å². The van der Waals surface area contributed by atoms with Crippen molar-refractivity contribution in [3.8, 4) is 0 Å². The van der Waals surface area contributed by atoms with Crippen LogP contribution in [0.25, 0.3) is 0 Å². The van der Waals surface area contributed by atoms with Crippen LogP contribution in [0.3, 0.4) is 0 Å². The maximum atomic E-state index is 9.37. The third-order valence-corrected chi connectivity index (χ3v) is 10.8. The number of halogens is 1. The van der Waals surface area contributed by atoms with Gasteiger partial charge in [-0.3, -0.25) is 0 Å². The zero-order chi connectivity index (χ0) is 21.7. The fourth-order valence-electron chi connectivity index (χ4n) is 8.78. The van der Waals surface area contributed by atoms with Crippen molar-refractivity contribution in [1.29, 1.82) is 0 Å². The number of fused-ring (bicyclic) bond motifs is 5. The smallest absolute Gasteiger partial charge is 0.0981 e. The quantitative estimate of drug-likeness (QED) is 0.342. The molecule has 0 aromatic heterocycles. The highest BCUT2D eigenvalue weighted by Gasteiger charge is 2.59. The molecule has 0 spiro atoms. The third-order valence-electron chi connectivity index (χ3n) is 10.4. The number of hydrogen-bond acceptors (Lipinski definition) is 2. The Bertz CT molecular complexity index is 712. The van der Waals surface area contributed by atoms with Crippen LogP contribution in [0.4, 0.5) is 0 Å². The van der Waals surface area contributed by atoms with Crippen LogP contribution in [0.2, 0.25) is 0 Å². The van der Waals surface area contributed by atoms with Gasteiger partial charge in [0, 0.05) is 0 Å². The average Bonchev–Trinajstić information content (AvgIpc) is 3.05. The summed E-state index contributed by atoms with van der Waals surface area (Å²) in [4.78, 5) is 0. The van der Waals surface area contributed by atoms with E-state index in [9.17, 15) is 5.21 Å². The molecule has 0 saturated heterocycles. The van der Waals surface area contributed by atoms with Crippen molar-refractivity contribution >= 4 is 17.3 Å². The van der Waals surface area contributed by atoms with Gasteiger partial charge in [0.1, 0.15) is 0 Å². The van der Waals surface area contributed by atoms with Gasteiger partial charge in [0.05, 0.1) is 10.7 Å². The SMILES string of the molecule is CC(C)CCC[C@@H](C)[C@H]1CC[C@H]2[C@@H]3CCC4=C(Cl)/C(=N\O)CC[C@]4(C)[C@H]3CC[C@]12C. The summed E-state index contributed by atoms with van der Waals surface area (Å²) in [7, 11) is 0. The number of hydrogen-bond donors (Lipinski definition) is 1. The van der Waals surface area contributed by atoms with Gasteiger partial charge in [0.15, 0.2) is 0 Å². The van der Waals surface area contributed by atoms with Crippen LogP contribution in [-0.2, 0) is 0 Å². The van der Waals surface area contributed by atoms with Gasteiger partial charge in [-0.1, -0.05) is 70.6 Å². The standard InChI is InChI=1S/C27H44ClNO/c1-17(2)7-6-8-18(3)20-11-12-21-19-9-10-23-25(28)24(29-30)14-16-27(23,5)22(19)13-15-26(20,21)4/h17-22,30H,6-16H2,1-5H3/b29-24-/t18-,19+,20-,21+,22+,26-,27-/m1/s1. The summed E-state index contributed by atoms with van der Waals surface area (Å²) in [5.41, 5.74) is 2.90. The molecule has 3 heteroatoms. The molecule has 0 radical (unpaired) electrons. The topological polar surface area (TPSA) is 32.6 Å². The Labute approximate surface area is 189 Å². The molecule has 0 bridgehead atoms. The summed E-state index contributed by atoms with van der Waals surface area (Å²) in [6.45, 7) is 12.4. The Morgan fingerprint density at radius 1 is 1.00 bits per heavy atom. The van der Waals surface area contributed by atoms with Gasteiger partial charge in [0.2, 0.25) is 0 Å². The lowest BCUT2D eigenvalue weighted by atomic mass is 9.46. The van der Waals surface area contributed by atoms with E-state index in [1.54, 1.807) is 0 Å². The van der Waals surface area contributed by atoms with Crippen LogP contribution in [0.5, 0.6) is 0 Å². The first-order chi connectivity index (χ1) is 14.2. The summed E-state index contributed by atoms with van der Waals surface area (Å²) in [5, 5.41) is 13.7. The Hall–Kier alpha value is -0.500. The van der Waals surface area contributed by atoms with Gasteiger partial charge in [0.25, 0.3) is 0 Å². The average molecular weight is 434 g/mol. The molecule has 0 aromatic carbocycles. The molecule has 2 nitrogen and oxygen atoms in total. The Balaban J connectivity index is 1.52. The van der Waals surface area contributed by atoms with Crippen LogP contribution in [0.1, 0.15) is 105 Å². The monoisotopic (exact) mass is 433 g/mol. The van der Waals surface area contributed by atoms with Crippen LogP contribution >= 0.6 is 11.6 Å². The summed E-state index contributed by atoms with van der Waals surface area (Å²) in [5.74, 6) is 5.16. The second-order valence-corrected chi connectivity index (χ2v) is 12.6. The van der Waals surface area contributed by atoms with E-state index >= 15 is 0 Å². The normalized spacial score (nSPS) is 43.5. The molecule has 7 atom stereocenters. The molecule has 170 valence electrons. The second kappa shape index (κ2) is 8.45. The van der Waals surface area contributed by atoms with E-state index in [0.29, 0.717) is 5.41 Å². The second-order valence-electron chi connectivity index (χ2n) is 12.2. The maximum Gasteiger partial charge on any atom is 0.0981 e. The molecule has 4 rings (SSSR count). The van der Waals surface area contributed by atoms with E-state index in [2.05, 4.69) is 39.8 Å². The largest absolute Gasteiger partial charge is 0.411 e. The fraction of sp³-hybridized carbons (Fsp3) is 0.889. The number of allylic oxidation sites excluding steroid dienone is 2. The zero-order valence-corrected chi connectivity index (χ0v) is 20.8. The van der Waals surface area contributed by atoms with E-state index in [0.717, 1.165) is 65.5 Å². The number of oxime groups is 1. The van der Waals surface area contributed by atoms with Crippen molar-refractivity contribution in [2.45, 2.75) is 105 Å². The van der Waals surface area contributed by atoms with Crippen molar-refractivity contribution in [3.63, 3.8) is 0 Å². The fourth-order valence-corrected chi connectivity index (χ4v) is 9.22. The lowest BCUT2D eigenvalue weighted by molar-refractivity contribution is -0.0575. The maximum absolute atomic E-state index is 9.37. The Kier molecular flexibility index (Phi) is 6.39. The molecule has 4 aliphatic carbocycles. The van der Waals surface area contributed by atoms with E-state index < -0.39 is 0 Å². The lowest BCUT2D eigenvalue weighted by Gasteiger charge is -2.59. The minimum atomic E-state index is 0.219. The molecule has 1 N–H and O–H groups in total. The molecule has 30 heavy (non-hydrogen) atoms. The molecule has 0 unspecified atom stereocenters. The van der Waals surface area contributed by atoms with Crippen molar-refractivity contribution < 1.29 is 5.21 Å². The van der Waals surface area contributed by atoms with Gasteiger partial charge in [-0.2, -0.15) is 0 Å². The van der Waals surface area contributed by atoms with Gasteiger partial charge >= 0.3 is 0 Å². The first kappa shape index (κ1) is 22.7. The van der Waals surface area contributed by atoms with Crippen molar-refractivity contribution in [1.82, 2.24) is 0 Å². The molecule has 0 heterocycles. The molecule has 3 saturated carbocycles. The summed E-state index contributed by atoms with van der Waals surface area (Å²) < 4.78 is 0. The van der Waals surface area contributed by atoms with Crippen LogP contribution < -0.4 is 0 Å². The van der Waals surface area contributed by atoms with E-state index in [1.807, 2.05) is 0 Å². The highest BCUT2D eigenvalue weighted by Crippen LogP contribution is 2.68. The molecule has 0 aliphatic heterocycles. The molecular weight excluding hydrogens is 390 g/mol. The first-order valence-electron chi connectivity index (χ1n) is 12.8. The Morgan fingerprint density at radius 3 is 2.47 bits per heavy atom. The minimum absolute atomic E-state index is 0.219. The van der Waals surface area contributed by atoms with E-state index in [4.69, 9.17) is 11.6 Å². The summed E-state index contributed by atoms with van der Waals surface area (Å²) >= 11 is 6.74. The van der Waals surface area contributed by atoms with Crippen LogP contribution in [0.15, 0.2) is 15.8 Å².